The number of thiophene rings is 1. The Morgan fingerprint density at radius 3 is 2.43 bits per heavy atom. The summed E-state index contributed by atoms with van der Waals surface area (Å²) >= 11 is 1.47. The quantitative estimate of drug-likeness (QED) is 0.832. The van der Waals surface area contributed by atoms with Crippen molar-refractivity contribution in [2.45, 2.75) is 6.18 Å². The lowest BCUT2D eigenvalue weighted by atomic mass is 10.1. The Balaban J connectivity index is 1.66. The van der Waals surface area contributed by atoms with Crippen LogP contribution in [0.15, 0.2) is 41.1 Å². The maximum absolute atomic E-state index is 12.8. The maximum atomic E-state index is 12.8. The third-order valence-electron chi connectivity index (χ3n) is 3.87. The van der Waals surface area contributed by atoms with Crippen LogP contribution in [0, 0.1) is 0 Å². The third kappa shape index (κ3) is 3.50. The van der Waals surface area contributed by atoms with Crippen molar-refractivity contribution in [3.05, 3.63) is 52.2 Å². The standard InChI is InChI=1S/C16H15F3N2OS/c17-16(18,19)13-2-1-3-14(10-13)20-5-7-21(8-6-20)15(22)12-4-9-23-11-12/h1-4,9-11H,5-8H2. The number of piperazine rings is 1. The van der Waals surface area contributed by atoms with Crippen molar-refractivity contribution in [2.24, 2.45) is 0 Å². The molecule has 0 atom stereocenters. The average molecular weight is 340 g/mol. The Morgan fingerprint density at radius 2 is 1.83 bits per heavy atom. The number of hydrogen-bond donors (Lipinski definition) is 0. The minimum Gasteiger partial charge on any atom is -0.368 e. The van der Waals surface area contributed by atoms with Crippen molar-refractivity contribution in [1.29, 1.82) is 0 Å². The van der Waals surface area contributed by atoms with Gasteiger partial charge in [0.1, 0.15) is 0 Å². The lowest BCUT2D eigenvalue weighted by Gasteiger charge is -2.36. The molecule has 3 rings (SSSR count). The van der Waals surface area contributed by atoms with E-state index in [4.69, 9.17) is 0 Å². The van der Waals surface area contributed by atoms with Crippen LogP contribution < -0.4 is 4.90 Å². The fourth-order valence-electron chi connectivity index (χ4n) is 2.62. The molecule has 0 bridgehead atoms. The molecule has 122 valence electrons. The summed E-state index contributed by atoms with van der Waals surface area (Å²) in [6.07, 6.45) is -4.34. The molecule has 1 saturated heterocycles. The van der Waals surface area contributed by atoms with Crippen LogP contribution >= 0.6 is 11.3 Å². The summed E-state index contributed by atoms with van der Waals surface area (Å²) in [5.41, 5.74) is 0.566. The molecular formula is C16H15F3N2OS. The highest BCUT2D eigenvalue weighted by Gasteiger charge is 2.31. The van der Waals surface area contributed by atoms with E-state index in [1.165, 1.54) is 17.4 Å². The van der Waals surface area contributed by atoms with E-state index in [1.807, 2.05) is 15.7 Å². The zero-order chi connectivity index (χ0) is 16.4. The van der Waals surface area contributed by atoms with Crippen LogP contribution in [0.5, 0.6) is 0 Å². The number of benzene rings is 1. The first-order valence-corrected chi connectivity index (χ1v) is 8.13. The molecular weight excluding hydrogens is 325 g/mol. The van der Waals surface area contributed by atoms with E-state index >= 15 is 0 Å². The van der Waals surface area contributed by atoms with E-state index in [-0.39, 0.29) is 5.91 Å². The average Bonchev–Trinajstić information content (AvgIpc) is 3.08. The summed E-state index contributed by atoms with van der Waals surface area (Å²) in [5.74, 6) is -0.0186. The van der Waals surface area contributed by atoms with Gasteiger partial charge in [-0.05, 0) is 29.6 Å². The molecule has 7 heteroatoms. The van der Waals surface area contributed by atoms with Crippen LogP contribution in [0.2, 0.25) is 0 Å². The molecule has 1 aromatic carbocycles. The van der Waals surface area contributed by atoms with E-state index in [1.54, 1.807) is 17.0 Å². The van der Waals surface area contributed by atoms with Gasteiger partial charge in [-0.15, -0.1) is 0 Å². The summed E-state index contributed by atoms with van der Waals surface area (Å²) in [7, 11) is 0. The van der Waals surface area contributed by atoms with Crippen LogP contribution in [-0.2, 0) is 6.18 Å². The van der Waals surface area contributed by atoms with E-state index in [0.29, 0.717) is 37.4 Å². The smallest absolute Gasteiger partial charge is 0.368 e. The predicted octanol–water partition coefficient (Wildman–Crippen LogP) is 3.73. The SMILES string of the molecule is O=C(c1ccsc1)N1CCN(c2cccc(C(F)(F)F)c2)CC1. The molecule has 1 amide bonds. The summed E-state index contributed by atoms with van der Waals surface area (Å²) in [6, 6.07) is 7.11. The van der Waals surface area contributed by atoms with Gasteiger partial charge in [-0.1, -0.05) is 6.07 Å². The van der Waals surface area contributed by atoms with E-state index in [0.717, 1.165) is 12.1 Å². The Kier molecular flexibility index (Phi) is 4.30. The van der Waals surface area contributed by atoms with Crippen molar-refractivity contribution < 1.29 is 18.0 Å². The zero-order valence-corrected chi connectivity index (χ0v) is 13.0. The predicted molar refractivity (Wildman–Crippen MR) is 83.9 cm³/mol. The topological polar surface area (TPSA) is 23.6 Å². The first kappa shape index (κ1) is 15.9. The molecule has 1 aliphatic heterocycles. The molecule has 1 fully saturated rings. The van der Waals surface area contributed by atoms with Crippen LogP contribution in [-0.4, -0.2) is 37.0 Å². The summed E-state index contributed by atoms with van der Waals surface area (Å²) in [5, 5.41) is 3.66. The molecule has 1 aliphatic rings. The molecule has 0 saturated carbocycles. The first-order valence-electron chi connectivity index (χ1n) is 7.19. The van der Waals surface area contributed by atoms with Gasteiger partial charge >= 0.3 is 6.18 Å². The van der Waals surface area contributed by atoms with Gasteiger partial charge < -0.3 is 9.80 Å². The lowest BCUT2D eigenvalue weighted by molar-refractivity contribution is -0.137. The summed E-state index contributed by atoms with van der Waals surface area (Å²) in [4.78, 5) is 15.9. The number of halogens is 3. The molecule has 3 nitrogen and oxygen atoms in total. The van der Waals surface area contributed by atoms with Crippen molar-refractivity contribution >= 4 is 22.9 Å². The van der Waals surface area contributed by atoms with Crippen molar-refractivity contribution in [1.82, 2.24) is 4.90 Å². The number of anilines is 1. The van der Waals surface area contributed by atoms with Crippen LogP contribution in [0.25, 0.3) is 0 Å². The maximum Gasteiger partial charge on any atom is 0.416 e. The molecule has 0 unspecified atom stereocenters. The van der Waals surface area contributed by atoms with Crippen molar-refractivity contribution in [3.8, 4) is 0 Å². The number of carbonyl (C=O) groups is 1. The monoisotopic (exact) mass is 340 g/mol. The Hall–Kier alpha value is -2.02. The molecule has 0 N–H and O–H groups in total. The number of carbonyl (C=O) groups excluding carboxylic acids is 1. The number of rotatable bonds is 2. The van der Waals surface area contributed by atoms with Gasteiger partial charge in [-0.25, -0.2) is 0 Å². The van der Waals surface area contributed by atoms with E-state index < -0.39 is 11.7 Å². The normalized spacial score (nSPS) is 15.8. The second-order valence-corrected chi connectivity index (χ2v) is 6.12. The highest BCUT2D eigenvalue weighted by atomic mass is 32.1. The Labute approximate surface area is 135 Å². The first-order chi connectivity index (χ1) is 10.9. The minimum atomic E-state index is -4.34. The number of amides is 1. The van der Waals surface area contributed by atoms with Crippen molar-refractivity contribution in [2.75, 3.05) is 31.1 Å². The summed E-state index contributed by atoms with van der Waals surface area (Å²) in [6.45, 7) is 2.06. The zero-order valence-electron chi connectivity index (χ0n) is 12.2. The highest BCUT2D eigenvalue weighted by Crippen LogP contribution is 2.31. The molecule has 0 spiro atoms. The molecule has 2 heterocycles. The lowest BCUT2D eigenvalue weighted by Crippen LogP contribution is -2.48. The van der Waals surface area contributed by atoms with Gasteiger partial charge in [0.2, 0.25) is 0 Å². The largest absolute Gasteiger partial charge is 0.416 e. The summed E-state index contributed by atoms with van der Waals surface area (Å²) < 4.78 is 38.4. The van der Waals surface area contributed by atoms with Crippen LogP contribution in [0.4, 0.5) is 18.9 Å². The van der Waals surface area contributed by atoms with Crippen LogP contribution in [0.1, 0.15) is 15.9 Å². The van der Waals surface area contributed by atoms with Gasteiger partial charge in [0.05, 0.1) is 11.1 Å². The Bertz CT molecular complexity index is 677. The third-order valence-corrected chi connectivity index (χ3v) is 4.56. The van der Waals surface area contributed by atoms with Gasteiger partial charge in [-0.3, -0.25) is 4.79 Å². The van der Waals surface area contributed by atoms with Crippen LogP contribution in [0.3, 0.4) is 0 Å². The number of alkyl halides is 3. The highest BCUT2D eigenvalue weighted by molar-refractivity contribution is 7.08. The van der Waals surface area contributed by atoms with Gasteiger partial charge in [-0.2, -0.15) is 24.5 Å². The Morgan fingerprint density at radius 1 is 1.09 bits per heavy atom. The van der Waals surface area contributed by atoms with E-state index in [9.17, 15) is 18.0 Å². The van der Waals surface area contributed by atoms with Gasteiger partial charge in [0.25, 0.3) is 5.91 Å². The molecule has 2 aromatic rings. The molecule has 1 aromatic heterocycles. The fourth-order valence-corrected chi connectivity index (χ4v) is 3.25. The van der Waals surface area contributed by atoms with Gasteiger partial charge in [0.15, 0.2) is 0 Å². The minimum absolute atomic E-state index is 0.0186. The van der Waals surface area contributed by atoms with Crippen molar-refractivity contribution in [3.63, 3.8) is 0 Å². The van der Waals surface area contributed by atoms with Gasteiger partial charge in [0, 0.05) is 37.2 Å². The van der Waals surface area contributed by atoms with E-state index in [2.05, 4.69) is 0 Å². The number of hydrogen-bond acceptors (Lipinski definition) is 3. The second-order valence-electron chi connectivity index (χ2n) is 5.34. The second kappa shape index (κ2) is 6.23. The fraction of sp³-hybridized carbons (Fsp3) is 0.312. The molecule has 0 radical (unpaired) electrons. The molecule has 0 aliphatic carbocycles. The number of nitrogens with zero attached hydrogens (tertiary/aromatic N) is 2. The molecule has 23 heavy (non-hydrogen) atoms.